The van der Waals surface area contributed by atoms with Crippen LogP contribution in [-0.2, 0) is 64.0 Å². The van der Waals surface area contributed by atoms with E-state index in [2.05, 4.69) is 37.2 Å². The summed E-state index contributed by atoms with van der Waals surface area (Å²) in [5.41, 5.74) is 25.7. The zero-order valence-electron chi connectivity index (χ0n) is 44.1. The lowest BCUT2D eigenvalue weighted by atomic mass is 10.00. The largest absolute Gasteiger partial charge is 0.508 e. The van der Waals surface area contributed by atoms with Crippen LogP contribution in [0.2, 0.25) is 5.02 Å². The molecule has 4 aromatic rings. The summed E-state index contributed by atoms with van der Waals surface area (Å²) >= 11 is 6.07. The number of halogens is 1. The molecule has 0 radical (unpaired) electrons. The fourth-order valence-corrected chi connectivity index (χ4v) is 8.66. The molecule has 18 N–H and O–H groups in total. The molecule has 0 spiro atoms. The quantitative estimate of drug-likeness (QED) is 0.0395. The number of carbonyl (C=O) groups is 9. The van der Waals surface area contributed by atoms with E-state index in [1.807, 2.05) is 0 Å². The first kappa shape index (κ1) is 62.5. The van der Waals surface area contributed by atoms with Crippen LogP contribution in [0, 0.1) is 0 Å². The van der Waals surface area contributed by atoms with Crippen molar-refractivity contribution in [2.75, 3.05) is 6.54 Å². The Balaban J connectivity index is 1.59. The van der Waals surface area contributed by atoms with Crippen LogP contribution in [0.3, 0.4) is 0 Å². The van der Waals surface area contributed by atoms with Gasteiger partial charge in [0.2, 0.25) is 53.2 Å². The highest BCUT2D eigenvalue weighted by molar-refractivity contribution is 6.30. The molecule has 24 heteroatoms. The third-order valence-electron chi connectivity index (χ3n) is 13.2. The van der Waals surface area contributed by atoms with E-state index in [0.717, 1.165) is 0 Å². The summed E-state index contributed by atoms with van der Waals surface area (Å²) in [6, 6.07) is 12.6. The molecule has 9 amide bonds. The number of aliphatic hydroxyl groups is 1. The van der Waals surface area contributed by atoms with E-state index in [9.17, 15) is 58.5 Å². The third-order valence-corrected chi connectivity index (χ3v) is 13.4. The lowest BCUT2D eigenvalue weighted by Gasteiger charge is -2.29. The van der Waals surface area contributed by atoms with Crippen LogP contribution in [0.5, 0.6) is 11.5 Å². The van der Waals surface area contributed by atoms with Crippen molar-refractivity contribution in [1.82, 2.24) is 37.2 Å². The summed E-state index contributed by atoms with van der Waals surface area (Å²) < 4.78 is 0. The minimum Gasteiger partial charge on any atom is -0.508 e. The fraction of sp³-hybridized carbons (Fsp3) is 0.375. The van der Waals surface area contributed by atoms with Crippen LogP contribution < -0.4 is 60.2 Å². The summed E-state index contributed by atoms with van der Waals surface area (Å²) in [4.78, 5) is 125. The molecule has 0 bridgehead atoms. The van der Waals surface area contributed by atoms with Crippen LogP contribution in [0.4, 0.5) is 0 Å². The number of aromatic hydroxyl groups is 2. The Hall–Kier alpha value is -8.38. The Morgan fingerprint density at radius 2 is 1.16 bits per heavy atom. The second kappa shape index (κ2) is 30.7. The van der Waals surface area contributed by atoms with Crippen LogP contribution in [0.15, 0.2) is 109 Å². The van der Waals surface area contributed by atoms with Gasteiger partial charge in [0.15, 0.2) is 0 Å². The summed E-state index contributed by atoms with van der Waals surface area (Å²) in [7, 11) is 0. The topological polar surface area (TPSA) is 403 Å². The Morgan fingerprint density at radius 3 is 1.71 bits per heavy atom. The van der Waals surface area contributed by atoms with Gasteiger partial charge in [-0.1, -0.05) is 72.3 Å². The van der Waals surface area contributed by atoms with Gasteiger partial charge in [-0.2, -0.15) is 0 Å². The maximum atomic E-state index is 14.7. The van der Waals surface area contributed by atoms with Gasteiger partial charge in [0, 0.05) is 23.4 Å². The first-order valence-corrected chi connectivity index (χ1v) is 26.4. The third kappa shape index (κ3) is 19.8. The number of hydrogen-bond acceptors (Lipinski definition) is 14. The molecule has 0 aliphatic carbocycles. The smallest absolute Gasteiger partial charge is 0.248 e. The van der Waals surface area contributed by atoms with Crippen molar-refractivity contribution in [1.29, 1.82) is 0 Å². The maximum Gasteiger partial charge on any atom is 0.248 e. The molecule has 1 aliphatic rings. The summed E-state index contributed by atoms with van der Waals surface area (Å²) in [5, 5.41) is 49.6. The minimum atomic E-state index is -1.76. The van der Waals surface area contributed by atoms with Crippen molar-refractivity contribution in [3.8, 4) is 11.5 Å². The number of nitrogens with two attached hydrogens (primary N) is 4. The SMILES string of the molecule is C[C@@H](O)[C@@H]1NC(=O)[C@H](CCCCN)NC(=O)[C@@H](Cc2ccc(C(N)=O)cc2)NC(=O)[C@H](Cc2ccc(O)cc2)NC(=O)[C@H](NC(=O)[C@@H](N)Cc2ccc(Cl)cc2)C/C=C/C[C@@H](C(=O)N[C@H](CCc2ccc(O)cc2)C(N)=O)NC1=O. The Morgan fingerprint density at radius 1 is 0.650 bits per heavy atom. The lowest BCUT2D eigenvalue weighted by molar-refractivity contribution is -0.137. The number of rotatable bonds is 20. The lowest BCUT2D eigenvalue weighted by Crippen LogP contribution is -2.62. The molecule has 0 saturated heterocycles. The minimum absolute atomic E-state index is 0.00316. The number of amides is 9. The molecule has 0 unspecified atom stereocenters. The molecule has 23 nitrogen and oxygen atoms in total. The molecule has 0 fully saturated rings. The molecule has 80 heavy (non-hydrogen) atoms. The van der Waals surface area contributed by atoms with Gasteiger partial charge in [0.05, 0.1) is 12.1 Å². The molecule has 0 saturated carbocycles. The number of carbonyl (C=O) groups excluding carboxylic acids is 9. The number of hydrogen-bond donors (Lipinski definition) is 14. The zero-order chi connectivity index (χ0) is 58.5. The molecule has 5 rings (SSSR count). The van der Waals surface area contributed by atoms with Crippen LogP contribution in [-0.4, -0.2) is 129 Å². The van der Waals surface area contributed by atoms with Gasteiger partial charge in [0.25, 0.3) is 0 Å². The number of phenols is 2. The first-order chi connectivity index (χ1) is 38.1. The predicted octanol–water partition coefficient (Wildman–Crippen LogP) is -0.423. The highest BCUT2D eigenvalue weighted by Crippen LogP contribution is 2.17. The van der Waals surface area contributed by atoms with Crippen LogP contribution in [0.25, 0.3) is 0 Å². The normalized spacial score (nSPS) is 21.1. The Bertz CT molecular complexity index is 2820. The number of aliphatic hydroxyl groups excluding tert-OH is 1. The summed E-state index contributed by atoms with van der Waals surface area (Å²) in [6.07, 6.45) is 0.912. The average Bonchev–Trinajstić information content (AvgIpc) is 3.42. The van der Waals surface area contributed by atoms with Gasteiger partial charge in [-0.3, -0.25) is 43.2 Å². The van der Waals surface area contributed by atoms with Crippen molar-refractivity contribution in [2.45, 2.75) is 126 Å². The number of benzene rings is 4. The van der Waals surface area contributed by atoms with Crippen molar-refractivity contribution in [2.24, 2.45) is 22.9 Å². The zero-order valence-corrected chi connectivity index (χ0v) is 44.8. The molecule has 9 atom stereocenters. The van der Waals surface area contributed by atoms with E-state index in [-0.39, 0.29) is 81.4 Å². The Kier molecular flexibility index (Phi) is 24.0. The summed E-state index contributed by atoms with van der Waals surface area (Å²) in [5.74, 6) is -8.15. The molecule has 1 heterocycles. The molecule has 1 aliphatic heterocycles. The second-order valence-electron chi connectivity index (χ2n) is 19.5. The number of nitrogens with one attached hydrogen (secondary N) is 7. The van der Waals surface area contributed by atoms with E-state index in [1.165, 1.54) is 79.7 Å². The fourth-order valence-electron chi connectivity index (χ4n) is 8.53. The molecule has 0 aromatic heterocycles. The monoisotopic (exact) mass is 1120 g/mol. The molecule has 428 valence electrons. The van der Waals surface area contributed by atoms with E-state index in [4.69, 9.17) is 34.5 Å². The van der Waals surface area contributed by atoms with Crippen LogP contribution in [0.1, 0.15) is 78.1 Å². The first-order valence-electron chi connectivity index (χ1n) is 26.0. The van der Waals surface area contributed by atoms with Gasteiger partial charge >= 0.3 is 0 Å². The van der Waals surface area contributed by atoms with Crippen molar-refractivity contribution < 1.29 is 58.5 Å². The average molecular weight is 1120 g/mol. The van der Waals surface area contributed by atoms with E-state index in [0.29, 0.717) is 33.7 Å². The van der Waals surface area contributed by atoms with Gasteiger partial charge in [-0.25, -0.2) is 0 Å². The van der Waals surface area contributed by atoms with E-state index < -0.39 is 108 Å². The second-order valence-corrected chi connectivity index (χ2v) is 19.9. The number of primary amides is 2. The maximum absolute atomic E-state index is 14.7. The van der Waals surface area contributed by atoms with E-state index >= 15 is 0 Å². The number of unbranched alkanes of at least 4 members (excludes halogenated alkanes) is 1. The van der Waals surface area contributed by atoms with Gasteiger partial charge in [-0.05, 0) is 136 Å². The van der Waals surface area contributed by atoms with E-state index in [1.54, 1.807) is 36.4 Å². The summed E-state index contributed by atoms with van der Waals surface area (Å²) in [6.45, 7) is 1.41. The number of phenolic OH excluding ortho intramolecular Hbond substituents is 2. The standard InChI is InChI=1S/C56H70ClN11O12/c1-31(69)47-56(80)65-43(51(75)62-41(49(61)73)26-17-32-13-22-38(70)23-14-32)7-3-2-6-42(63-50(74)40(59)28-33-11-20-37(57)21-12-33)52(76)66-46(30-35-15-24-39(71)25-16-35)55(79)67-45(29-34-9-18-36(19-10-34)48(60)72)54(78)64-44(53(77)68-47)8-4-5-27-58/h2-3,9-16,18-25,31,40-47,69-71H,4-8,17,26-30,58-59H2,1H3,(H2,60,72)(H2,61,73)(H,62,75)(H,63,74)(H,64,78)(H,65,80)(H,66,76)(H,67,79)(H,68,77)/b3-2+/t31-,40+,41-,42-,43+,44+,45-,46+,47+/m1/s1. The van der Waals surface area contributed by atoms with Crippen molar-refractivity contribution >= 4 is 64.8 Å². The molecular weight excluding hydrogens is 1050 g/mol. The van der Waals surface area contributed by atoms with Gasteiger partial charge in [0.1, 0.15) is 53.8 Å². The molecule has 4 aromatic carbocycles. The number of aryl methyl sites for hydroxylation is 1. The van der Waals surface area contributed by atoms with Gasteiger partial charge in [-0.15, -0.1) is 0 Å². The highest BCUT2D eigenvalue weighted by Gasteiger charge is 2.36. The van der Waals surface area contributed by atoms with Crippen molar-refractivity contribution in [3.63, 3.8) is 0 Å². The van der Waals surface area contributed by atoms with Crippen LogP contribution >= 0.6 is 11.6 Å². The highest BCUT2D eigenvalue weighted by atomic mass is 35.5. The Labute approximate surface area is 467 Å². The predicted molar refractivity (Wildman–Crippen MR) is 296 cm³/mol. The molecular formula is C56H70ClN11O12. The van der Waals surface area contributed by atoms with Crippen molar-refractivity contribution in [3.05, 3.63) is 142 Å². The van der Waals surface area contributed by atoms with Gasteiger partial charge < -0.3 is 75.5 Å².